The fraction of sp³-hybridized carbons (Fsp3) is 0.486. The maximum atomic E-state index is 2.63. The Labute approximate surface area is 489 Å². The summed E-state index contributed by atoms with van der Waals surface area (Å²) in [6, 6.07) is 39.3. The second kappa shape index (κ2) is 30.1. The third kappa shape index (κ3) is 17.0. The first-order chi connectivity index (χ1) is 37.8. The van der Waals surface area contributed by atoms with E-state index in [1.165, 1.54) is 17.1 Å². The molecule has 0 aromatic heterocycles. The summed E-state index contributed by atoms with van der Waals surface area (Å²) >= 11 is 0. The molecule has 1 aliphatic carbocycles. The van der Waals surface area contributed by atoms with Crippen molar-refractivity contribution in [3.8, 4) is 0 Å². The minimum Gasteiger partial charge on any atom is -0.366 e. The van der Waals surface area contributed by atoms with E-state index in [4.69, 9.17) is 0 Å². The molecular formula is C74H108N6+2. The van der Waals surface area contributed by atoms with Gasteiger partial charge in [-0.2, -0.15) is 9.15 Å². The first-order valence-corrected chi connectivity index (χ1v) is 30.8. The molecule has 0 amide bonds. The van der Waals surface area contributed by atoms with Crippen molar-refractivity contribution in [3.63, 3.8) is 0 Å². The van der Waals surface area contributed by atoms with Crippen molar-refractivity contribution < 1.29 is 0 Å². The number of benzene rings is 4. The van der Waals surface area contributed by atoms with E-state index >= 15 is 0 Å². The van der Waals surface area contributed by atoms with Crippen LogP contribution >= 0.6 is 0 Å². The topological polar surface area (TPSA) is 19.0 Å². The Bertz CT molecular complexity index is 2610. The lowest BCUT2D eigenvalue weighted by Gasteiger charge is -2.41. The first-order valence-electron chi connectivity index (χ1n) is 30.8. The number of anilines is 4. The van der Waals surface area contributed by atoms with Crippen LogP contribution in [0.3, 0.4) is 0 Å². The Hall–Kier alpha value is -6.14. The van der Waals surface area contributed by atoms with Gasteiger partial charge in [-0.05, 0) is 150 Å². The molecule has 0 aliphatic heterocycles. The molecule has 6 atom stereocenters. The molecule has 0 spiro atoms. The van der Waals surface area contributed by atoms with Crippen LogP contribution in [0.25, 0.3) is 0 Å². The highest BCUT2D eigenvalue weighted by molar-refractivity contribution is 6.20. The third-order valence-electron chi connectivity index (χ3n) is 17.1. The number of hydrogen-bond acceptors (Lipinski definition) is 4. The molecule has 6 nitrogen and oxygen atoms in total. The van der Waals surface area contributed by atoms with E-state index in [-0.39, 0.29) is 0 Å². The van der Waals surface area contributed by atoms with Crippen LogP contribution in [0.1, 0.15) is 152 Å². The molecule has 4 aromatic rings. The van der Waals surface area contributed by atoms with Crippen LogP contribution in [0.5, 0.6) is 0 Å². The van der Waals surface area contributed by atoms with Gasteiger partial charge in [-0.25, -0.2) is 0 Å². The van der Waals surface area contributed by atoms with Gasteiger partial charge in [0.2, 0.25) is 34.2 Å². The Kier molecular flexibility index (Phi) is 24.3. The van der Waals surface area contributed by atoms with Crippen LogP contribution < -0.4 is 28.8 Å². The monoisotopic (exact) mass is 1080 g/mol. The number of hydrogen-bond donors (Lipinski definition) is 0. The summed E-state index contributed by atoms with van der Waals surface area (Å²) in [4.78, 5) is 10.1. The lowest BCUT2D eigenvalue weighted by atomic mass is 9.96. The standard InChI is InChI=1S/C74H108N6/c1-51(2)27-23-25-49-75(50-26-24-28-52(3)4)65-29-31-69(32-30-65)79(70-39-33-66(34-40-70)76(59(17)53(5)6)60(18)54(7)8)73-45-47-74(48-46-73)80(71-41-35-67(36-42-71)77(61(19)55(9)10)62(20)56(11)12)72-43-37-68(38-44-72)78(63(21)57(13)14)64(22)58(15)16/h23-64H,1-22H3/q+2/b27-23-,28-24+,49-25-,50-26+. The minimum atomic E-state index is 0.384. The molecule has 6 unspecified atom stereocenters. The molecule has 80 heavy (non-hydrogen) atoms. The maximum Gasteiger partial charge on any atom is 0.212 e. The number of nitrogens with zero attached hydrogens (tertiary/aromatic N) is 6. The van der Waals surface area contributed by atoms with Crippen molar-refractivity contribution >= 4 is 56.9 Å². The van der Waals surface area contributed by atoms with Gasteiger partial charge in [0.15, 0.2) is 0 Å². The van der Waals surface area contributed by atoms with Gasteiger partial charge in [-0.3, -0.25) is 0 Å². The summed E-state index contributed by atoms with van der Waals surface area (Å²) in [5.74, 6) is 4.04. The Morgan fingerprint density at radius 3 is 0.688 bits per heavy atom. The van der Waals surface area contributed by atoms with E-state index in [9.17, 15) is 0 Å². The molecular weight excluding hydrogens is 973 g/mol. The summed E-state index contributed by atoms with van der Waals surface area (Å²) < 4.78 is 4.83. The second-order valence-corrected chi connectivity index (χ2v) is 25.7. The van der Waals surface area contributed by atoms with E-state index < -0.39 is 0 Å². The zero-order valence-corrected chi connectivity index (χ0v) is 53.9. The summed E-state index contributed by atoms with van der Waals surface area (Å²) in [6.07, 6.45) is 26.5. The maximum absolute atomic E-state index is 2.63. The van der Waals surface area contributed by atoms with Gasteiger partial charge in [-0.15, -0.1) is 0 Å². The summed E-state index contributed by atoms with van der Waals surface area (Å²) in [6.45, 7) is 51.1. The van der Waals surface area contributed by atoms with Crippen molar-refractivity contribution in [1.82, 2.24) is 9.15 Å². The quantitative estimate of drug-likeness (QED) is 0.0354. The molecule has 432 valence electrons. The minimum absolute atomic E-state index is 0.384. The van der Waals surface area contributed by atoms with E-state index in [2.05, 4.69) is 351 Å². The van der Waals surface area contributed by atoms with Gasteiger partial charge in [0.05, 0.1) is 0 Å². The Balaban J connectivity index is 1.75. The highest BCUT2D eigenvalue weighted by Crippen LogP contribution is 2.35. The summed E-state index contributed by atoms with van der Waals surface area (Å²) in [5, 5.41) is 0. The largest absolute Gasteiger partial charge is 0.366 e. The van der Waals surface area contributed by atoms with Crippen LogP contribution in [0.15, 0.2) is 170 Å². The van der Waals surface area contributed by atoms with Gasteiger partial charge in [-0.1, -0.05) is 135 Å². The fourth-order valence-corrected chi connectivity index (χ4v) is 10.3. The van der Waals surface area contributed by atoms with Crippen LogP contribution in [-0.2, 0) is 0 Å². The van der Waals surface area contributed by atoms with E-state index in [1.54, 1.807) is 0 Å². The highest BCUT2D eigenvalue weighted by Gasteiger charge is 2.31. The molecule has 0 fully saturated rings. The number of allylic oxidation sites excluding steroid dienone is 10. The molecule has 0 radical (unpaired) electrons. The molecule has 0 N–H and O–H groups in total. The number of rotatable bonds is 26. The summed E-state index contributed by atoms with van der Waals surface area (Å²) in [5.41, 5.74) is 11.5. The molecule has 4 aromatic carbocycles. The van der Waals surface area contributed by atoms with E-state index in [1.807, 2.05) is 0 Å². The van der Waals surface area contributed by atoms with E-state index in [0.29, 0.717) is 83.6 Å². The Morgan fingerprint density at radius 1 is 0.275 bits per heavy atom. The van der Waals surface area contributed by atoms with Crippen LogP contribution in [0, 0.1) is 47.3 Å². The van der Waals surface area contributed by atoms with E-state index in [0.717, 1.165) is 39.9 Å². The predicted octanol–water partition coefficient (Wildman–Crippen LogP) is 20.0. The third-order valence-corrected chi connectivity index (χ3v) is 17.1. The van der Waals surface area contributed by atoms with Crippen LogP contribution in [0.2, 0.25) is 0 Å². The van der Waals surface area contributed by atoms with Crippen molar-refractivity contribution in [2.24, 2.45) is 47.3 Å². The second-order valence-electron chi connectivity index (χ2n) is 25.7. The van der Waals surface area contributed by atoms with Gasteiger partial charge in [0.25, 0.3) is 0 Å². The average Bonchev–Trinajstić information content (AvgIpc) is 3.43. The molecule has 0 heterocycles. The molecule has 0 saturated heterocycles. The van der Waals surface area contributed by atoms with Crippen molar-refractivity contribution in [1.29, 1.82) is 0 Å². The van der Waals surface area contributed by atoms with Gasteiger partial charge >= 0.3 is 0 Å². The lowest BCUT2D eigenvalue weighted by molar-refractivity contribution is 0.395. The smallest absolute Gasteiger partial charge is 0.212 e. The molecule has 0 saturated carbocycles. The zero-order valence-electron chi connectivity index (χ0n) is 53.9. The van der Waals surface area contributed by atoms with Crippen LogP contribution in [0.4, 0.5) is 45.5 Å². The lowest BCUT2D eigenvalue weighted by Crippen LogP contribution is -2.45. The van der Waals surface area contributed by atoms with Gasteiger partial charge in [0.1, 0.15) is 0 Å². The first kappa shape index (κ1) is 64.7. The van der Waals surface area contributed by atoms with Crippen molar-refractivity contribution in [2.75, 3.05) is 19.6 Å². The zero-order chi connectivity index (χ0) is 59.1. The van der Waals surface area contributed by atoms with Gasteiger partial charge in [0, 0.05) is 144 Å². The Morgan fingerprint density at radius 2 is 0.487 bits per heavy atom. The van der Waals surface area contributed by atoms with Crippen molar-refractivity contribution in [2.45, 2.75) is 189 Å². The SMILES string of the molecule is CC(C)/C=C\C=C/N(/C=C/C=C/C(C)C)c1ccc([N+](=C2C=CC(=[N+](c3ccc(N(C(C)C(C)C)C(C)C(C)C)cc3)c3ccc(N(C(C)C(C)C)C(C)C(C)C)cc3)C=C2)c2ccc(N(C(C)C(C)C)C(C)C(C)C)cc2)cc1. The van der Waals surface area contributed by atoms with Crippen LogP contribution in [-0.4, -0.2) is 47.7 Å². The molecule has 6 heteroatoms. The molecule has 0 bridgehead atoms. The highest BCUT2D eigenvalue weighted by atomic mass is 15.2. The molecule has 5 rings (SSSR count). The normalized spacial score (nSPS) is 15.6. The fourth-order valence-electron chi connectivity index (χ4n) is 10.3. The van der Waals surface area contributed by atoms with Gasteiger partial charge < -0.3 is 19.6 Å². The summed E-state index contributed by atoms with van der Waals surface area (Å²) in [7, 11) is 0. The molecule has 1 aliphatic rings. The van der Waals surface area contributed by atoms with Crippen molar-refractivity contribution in [3.05, 3.63) is 170 Å². The average molecular weight is 1080 g/mol. The predicted molar refractivity (Wildman–Crippen MR) is 359 cm³/mol.